The number of hydrogen-bond donors (Lipinski definition) is 5. The molecule has 0 spiro atoms. The molecule has 0 aliphatic heterocycles. The molecule has 0 saturated heterocycles. The molecule has 0 unspecified atom stereocenters. The molecule has 0 aliphatic carbocycles. The lowest BCUT2D eigenvalue weighted by molar-refractivity contribution is 0.0519. The van der Waals surface area contributed by atoms with Gasteiger partial charge in [0.15, 0.2) is 0 Å². The van der Waals surface area contributed by atoms with Crippen molar-refractivity contribution >= 4 is 29.4 Å². The maximum Gasteiger partial charge on any atom is 0.251 e. The standard InChI is InChI=1S/C31H37N7O5/c1-41-27-13-9-25(10-14-27)35-31-37-29(33-16-15-23-7-11-26(39)12-8-23)36-30(38-31)34-18-20-43-22-21-42-19-17-32-28(40)24-5-3-2-4-6-24/h2-14,39H,15-22H2,1H3,(H,32,40)(H3,33,34,35,36,37,38). The fourth-order valence-corrected chi connectivity index (χ4v) is 3.86. The van der Waals surface area contributed by atoms with Crippen molar-refractivity contribution in [1.82, 2.24) is 20.3 Å². The van der Waals surface area contributed by atoms with E-state index in [4.69, 9.17) is 14.2 Å². The van der Waals surface area contributed by atoms with Crippen LogP contribution in [0.15, 0.2) is 78.9 Å². The van der Waals surface area contributed by atoms with Crippen molar-refractivity contribution < 1.29 is 24.1 Å². The first-order valence-electron chi connectivity index (χ1n) is 14.0. The Kier molecular flexibility index (Phi) is 12.3. The van der Waals surface area contributed by atoms with Crippen LogP contribution in [0.4, 0.5) is 23.5 Å². The van der Waals surface area contributed by atoms with Crippen molar-refractivity contribution in [2.75, 3.05) is 69.1 Å². The number of amides is 1. The predicted molar refractivity (Wildman–Crippen MR) is 165 cm³/mol. The zero-order valence-corrected chi connectivity index (χ0v) is 24.1. The van der Waals surface area contributed by atoms with Gasteiger partial charge in [-0.15, -0.1) is 0 Å². The minimum Gasteiger partial charge on any atom is -0.508 e. The molecule has 0 bridgehead atoms. The van der Waals surface area contributed by atoms with Gasteiger partial charge in [-0.05, 0) is 60.5 Å². The highest BCUT2D eigenvalue weighted by Crippen LogP contribution is 2.19. The quantitative estimate of drug-likeness (QED) is 0.108. The summed E-state index contributed by atoms with van der Waals surface area (Å²) in [7, 11) is 1.62. The predicted octanol–water partition coefficient (Wildman–Crippen LogP) is 3.86. The molecule has 12 heteroatoms. The van der Waals surface area contributed by atoms with E-state index in [1.165, 1.54) is 0 Å². The Bertz CT molecular complexity index is 1390. The van der Waals surface area contributed by atoms with Gasteiger partial charge in [0, 0.05) is 30.9 Å². The van der Waals surface area contributed by atoms with Crippen LogP contribution in [-0.2, 0) is 15.9 Å². The number of carbonyl (C=O) groups excluding carboxylic acids is 1. The van der Waals surface area contributed by atoms with Gasteiger partial charge in [0.25, 0.3) is 5.91 Å². The number of nitrogens with zero attached hydrogens (tertiary/aromatic N) is 3. The summed E-state index contributed by atoms with van der Waals surface area (Å²) in [6, 6.07) is 23.6. The molecule has 0 saturated carbocycles. The Morgan fingerprint density at radius 1 is 0.721 bits per heavy atom. The Morgan fingerprint density at radius 3 is 2.02 bits per heavy atom. The maximum atomic E-state index is 12.0. The third-order valence-corrected chi connectivity index (χ3v) is 6.08. The lowest BCUT2D eigenvalue weighted by Gasteiger charge is -2.12. The number of phenolic OH excluding ortho intramolecular Hbond substituents is 1. The summed E-state index contributed by atoms with van der Waals surface area (Å²) in [5.74, 6) is 2.06. The number of nitrogens with one attached hydrogen (secondary N) is 4. The molecular weight excluding hydrogens is 550 g/mol. The van der Waals surface area contributed by atoms with Crippen LogP contribution in [0.3, 0.4) is 0 Å². The molecule has 3 aromatic carbocycles. The van der Waals surface area contributed by atoms with E-state index < -0.39 is 0 Å². The highest BCUT2D eigenvalue weighted by molar-refractivity contribution is 5.94. The second-order valence-corrected chi connectivity index (χ2v) is 9.28. The van der Waals surface area contributed by atoms with Crippen LogP contribution >= 0.6 is 0 Å². The average molecular weight is 588 g/mol. The lowest BCUT2D eigenvalue weighted by Crippen LogP contribution is -2.27. The SMILES string of the molecule is COc1ccc(Nc2nc(NCCOCCOCCNC(=O)c3ccccc3)nc(NCCc3ccc(O)cc3)n2)cc1. The van der Waals surface area contributed by atoms with Crippen LogP contribution < -0.4 is 26.0 Å². The first-order chi connectivity index (χ1) is 21.1. The topological polar surface area (TPSA) is 152 Å². The number of aromatic nitrogens is 3. The number of methoxy groups -OCH3 is 1. The van der Waals surface area contributed by atoms with Crippen LogP contribution in [0.1, 0.15) is 15.9 Å². The molecule has 4 rings (SSSR count). The number of benzene rings is 3. The van der Waals surface area contributed by atoms with Gasteiger partial charge in [-0.25, -0.2) is 0 Å². The summed E-state index contributed by atoms with van der Waals surface area (Å²) in [5, 5.41) is 21.9. The molecule has 1 aromatic heterocycles. The van der Waals surface area contributed by atoms with Crippen molar-refractivity contribution in [3.63, 3.8) is 0 Å². The van der Waals surface area contributed by atoms with Gasteiger partial charge in [0.05, 0.1) is 33.5 Å². The van der Waals surface area contributed by atoms with Crippen LogP contribution in [0.2, 0.25) is 0 Å². The van der Waals surface area contributed by atoms with Gasteiger partial charge in [0.1, 0.15) is 11.5 Å². The van der Waals surface area contributed by atoms with E-state index in [0.717, 1.165) is 23.4 Å². The van der Waals surface area contributed by atoms with Gasteiger partial charge >= 0.3 is 0 Å². The van der Waals surface area contributed by atoms with Gasteiger partial charge in [-0.3, -0.25) is 4.79 Å². The normalized spacial score (nSPS) is 10.6. The van der Waals surface area contributed by atoms with Crippen molar-refractivity contribution in [1.29, 1.82) is 0 Å². The Balaban J connectivity index is 1.19. The van der Waals surface area contributed by atoms with Crippen molar-refractivity contribution in [2.24, 2.45) is 0 Å². The Hall–Kier alpha value is -4.94. The largest absolute Gasteiger partial charge is 0.508 e. The van der Waals surface area contributed by atoms with Crippen LogP contribution in [-0.4, -0.2) is 79.1 Å². The van der Waals surface area contributed by atoms with Gasteiger partial charge < -0.3 is 40.6 Å². The van der Waals surface area contributed by atoms with E-state index >= 15 is 0 Å². The number of anilines is 4. The molecule has 0 atom stereocenters. The maximum absolute atomic E-state index is 12.0. The number of carbonyl (C=O) groups is 1. The van der Waals surface area contributed by atoms with E-state index in [1.807, 2.05) is 54.6 Å². The second-order valence-electron chi connectivity index (χ2n) is 9.28. The highest BCUT2D eigenvalue weighted by Gasteiger charge is 2.08. The van der Waals surface area contributed by atoms with Crippen LogP contribution in [0, 0.1) is 0 Å². The van der Waals surface area contributed by atoms with Gasteiger partial charge in [-0.2, -0.15) is 15.0 Å². The molecule has 1 amide bonds. The molecule has 43 heavy (non-hydrogen) atoms. The fraction of sp³-hybridized carbons (Fsp3) is 0.290. The van der Waals surface area contributed by atoms with Gasteiger partial charge in [0.2, 0.25) is 17.8 Å². The van der Waals surface area contributed by atoms with E-state index in [0.29, 0.717) is 69.5 Å². The number of rotatable bonds is 18. The van der Waals surface area contributed by atoms with E-state index in [1.54, 1.807) is 31.4 Å². The van der Waals surface area contributed by atoms with Crippen molar-refractivity contribution in [3.8, 4) is 11.5 Å². The van der Waals surface area contributed by atoms with Crippen molar-refractivity contribution in [2.45, 2.75) is 6.42 Å². The summed E-state index contributed by atoms with van der Waals surface area (Å²) in [6.07, 6.45) is 0.727. The molecule has 1 heterocycles. The molecule has 5 N–H and O–H groups in total. The fourth-order valence-electron chi connectivity index (χ4n) is 3.86. The highest BCUT2D eigenvalue weighted by atomic mass is 16.5. The summed E-state index contributed by atoms with van der Waals surface area (Å²) >= 11 is 0. The first-order valence-corrected chi connectivity index (χ1v) is 14.0. The van der Waals surface area contributed by atoms with E-state index in [2.05, 4.69) is 36.2 Å². The summed E-state index contributed by atoms with van der Waals surface area (Å²) < 4.78 is 16.4. The van der Waals surface area contributed by atoms with E-state index in [9.17, 15) is 9.90 Å². The molecular formula is C31H37N7O5. The van der Waals surface area contributed by atoms with Gasteiger partial charge in [-0.1, -0.05) is 30.3 Å². The van der Waals surface area contributed by atoms with Crippen molar-refractivity contribution in [3.05, 3.63) is 90.0 Å². The molecule has 0 aliphatic rings. The van der Waals surface area contributed by atoms with E-state index in [-0.39, 0.29) is 11.7 Å². The number of ether oxygens (including phenoxy) is 3. The summed E-state index contributed by atoms with van der Waals surface area (Å²) in [4.78, 5) is 25.5. The second kappa shape index (κ2) is 17.1. The molecule has 0 fully saturated rings. The lowest BCUT2D eigenvalue weighted by atomic mass is 10.1. The minimum atomic E-state index is -0.122. The van der Waals surface area contributed by atoms with Crippen LogP contribution in [0.5, 0.6) is 11.5 Å². The van der Waals surface area contributed by atoms with Crippen LogP contribution in [0.25, 0.3) is 0 Å². The smallest absolute Gasteiger partial charge is 0.251 e. The molecule has 12 nitrogen and oxygen atoms in total. The average Bonchev–Trinajstić information content (AvgIpc) is 3.03. The third-order valence-electron chi connectivity index (χ3n) is 6.08. The monoisotopic (exact) mass is 587 g/mol. The first kappa shape index (κ1) is 31.0. The minimum absolute atomic E-state index is 0.122. The number of phenols is 1. The summed E-state index contributed by atoms with van der Waals surface area (Å²) in [5.41, 5.74) is 2.50. The molecule has 226 valence electrons. The Morgan fingerprint density at radius 2 is 1.35 bits per heavy atom. The zero-order chi connectivity index (χ0) is 30.1. The zero-order valence-electron chi connectivity index (χ0n) is 24.1. The Labute approximate surface area is 250 Å². The molecule has 0 radical (unpaired) electrons. The summed E-state index contributed by atoms with van der Waals surface area (Å²) in [6.45, 7) is 3.15. The number of hydrogen-bond acceptors (Lipinski definition) is 11. The molecule has 4 aromatic rings. The number of aromatic hydroxyl groups is 1. The third kappa shape index (κ3) is 11.1.